The Morgan fingerprint density at radius 2 is 2.04 bits per heavy atom. The molecule has 24 heavy (non-hydrogen) atoms. The molecule has 0 spiro atoms. The number of aliphatic carboxylic acids is 1. The van der Waals surface area contributed by atoms with E-state index in [1.165, 1.54) is 20.5 Å². The van der Waals surface area contributed by atoms with Gasteiger partial charge in [0.15, 0.2) is 0 Å². The number of rotatable bonds is 6. The summed E-state index contributed by atoms with van der Waals surface area (Å²) in [4.78, 5) is 26.3. The van der Waals surface area contributed by atoms with Crippen LogP contribution in [0.2, 0.25) is 0 Å². The van der Waals surface area contributed by atoms with Crippen LogP contribution >= 0.6 is 11.3 Å². The normalized spacial score (nSPS) is 18.2. The molecule has 0 aliphatic carbocycles. The van der Waals surface area contributed by atoms with Crippen molar-refractivity contribution < 1.29 is 23.1 Å². The minimum absolute atomic E-state index is 0.224. The smallest absolute Gasteiger partial charge is 0.323 e. The summed E-state index contributed by atoms with van der Waals surface area (Å²) in [6.07, 6.45) is 2.05. The number of hydrogen-bond donors (Lipinski definition) is 1. The summed E-state index contributed by atoms with van der Waals surface area (Å²) in [6.45, 7) is 2.02. The standard InChI is InChI=1S/C15H22N2O5S2/c1-11(13-4-3-9-23-13)15(20)17(10-14(18)19)12-5-7-16(8-6-12)24(2,21)22/h3-4,9,11-12H,5-8,10H2,1-2H3,(H,18,19)/t11-/m0/s1. The van der Waals surface area contributed by atoms with Crippen LogP contribution in [0, 0.1) is 0 Å². The van der Waals surface area contributed by atoms with E-state index < -0.39 is 21.9 Å². The minimum Gasteiger partial charge on any atom is -0.480 e. The second kappa shape index (κ2) is 7.62. The minimum atomic E-state index is -3.25. The Balaban J connectivity index is 2.11. The van der Waals surface area contributed by atoms with Crippen molar-refractivity contribution in [2.75, 3.05) is 25.9 Å². The van der Waals surface area contributed by atoms with Crippen molar-refractivity contribution in [2.24, 2.45) is 0 Å². The maximum Gasteiger partial charge on any atom is 0.323 e. The number of carboxylic acids is 1. The lowest BCUT2D eigenvalue weighted by Crippen LogP contribution is -2.51. The zero-order valence-corrected chi connectivity index (χ0v) is 15.3. The molecule has 1 saturated heterocycles. The van der Waals surface area contributed by atoms with Gasteiger partial charge in [-0.15, -0.1) is 11.3 Å². The number of amides is 1. The highest BCUT2D eigenvalue weighted by molar-refractivity contribution is 7.88. The van der Waals surface area contributed by atoms with E-state index in [0.717, 1.165) is 11.1 Å². The summed E-state index contributed by atoms with van der Waals surface area (Å²) < 4.78 is 24.6. The first kappa shape index (κ1) is 18.9. The highest BCUT2D eigenvalue weighted by atomic mass is 32.2. The van der Waals surface area contributed by atoms with Gasteiger partial charge in [0, 0.05) is 24.0 Å². The summed E-state index contributed by atoms with van der Waals surface area (Å²) in [5, 5.41) is 11.0. The topological polar surface area (TPSA) is 95.0 Å². The Morgan fingerprint density at radius 1 is 1.42 bits per heavy atom. The molecule has 134 valence electrons. The fourth-order valence-corrected chi connectivity index (χ4v) is 4.58. The SMILES string of the molecule is C[C@H](C(=O)N(CC(=O)O)C1CCN(S(C)(=O)=O)CC1)c1cccs1. The van der Waals surface area contributed by atoms with Crippen LogP contribution in [0.15, 0.2) is 17.5 Å². The van der Waals surface area contributed by atoms with Gasteiger partial charge >= 0.3 is 5.97 Å². The van der Waals surface area contributed by atoms with Crippen LogP contribution in [0.3, 0.4) is 0 Å². The van der Waals surface area contributed by atoms with Crippen LogP contribution in [0.4, 0.5) is 0 Å². The molecule has 1 aromatic rings. The molecule has 1 aromatic heterocycles. The zero-order chi connectivity index (χ0) is 17.9. The molecule has 1 atom stereocenters. The van der Waals surface area contributed by atoms with Gasteiger partial charge in [0.05, 0.1) is 12.2 Å². The first-order valence-corrected chi connectivity index (χ1v) is 10.4. The van der Waals surface area contributed by atoms with E-state index in [0.29, 0.717) is 25.9 Å². The van der Waals surface area contributed by atoms with Crippen LogP contribution in [-0.2, 0) is 19.6 Å². The summed E-state index contributed by atoms with van der Waals surface area (Å²) in [6, 6.07) is 3.46. The highest BCUT2D eigenvalue weighted by Crippen LogP contribution is 2.26. The number of thiophene rings is 1. The lowest BCUT2D eigenvalue weighted by Gasteiger charge is -2.37. The fraction of sp³-hybridized carbons (Fsp3) is 0.600. The second-order valence-electron chi connectivity index (χ2n) is 5.99. The van der Waals surface area contributed by atoms with Crippen molar-refractivity contribution in [3.05, 3.63) is 22.4 Å². The van der Waals surface area contributed by atoms with Crippen LogP contribution < -0.4 is 0 Å². The maximum atomic E-state index is 12.8. The first-order chi connectivity index (χ1) is 11.2. The third-order valence-electron chi connectivity index (χ3n) is 4.26. The Morgan fingerprint density at radius 3 is 2.50 bits per heavy atom. The average Bonchev–Trinajstić information content (AvgIpc) is 3.04. The molecule has 0 saturated carbocycles. The van der Waals surface area contributed by atoms with E-state index >= 15 is 0 Å². The Kier molecular flexibility index (Phi) is 6.00. The number of hydrogen-bond acceptors (Lipinski definition) is 5. The molecule has 7 nitrogen and oxygen atoms in total. The average molecular weight is 374 g/mol. The van der Waals surface area contributed by atoms with Crippen LogP contribution in [0.1, 0.15) is 30.6 Å². The van der Waals surface area contributed by atoms with Crippen molar-refractivity contribution in [2.45, 2.75) is 31.7 Å². The largest absolute Gasteiger partial charge is 0.480 e. The van der Waals surface area contributed by atoms with Crippen LogP contribution in [0.25, 0.3) is 0 Å². The highest BCUT2D eigenvalue weighted by Gasteiger charge is 2.34. The molecule has 0 radical (unpaired) electrons. The molecule has 1 aliphatic rings. The van der Waals surface area contributed by atoms with Crippen molar-refractivity contribution in [3.8, 4) is 0 Å². The third kappa shape index (κ3) is 4.55. The van der Waals surface area contributed by atoms with E-state index in [-0.39, 0.29) is 18.5 Å². The Bertz CT molecular complexity index is 679. The Labute approximate surface area is 145 Å². The summed E-state index contributed by atoms with van der Waals surface area (Å²) in [5.41, 5.74) is 0. The van der Waals surface area contributed by atoms with Gasteiger partial charge in [-0.2, -0.15) is 0 Å². The van der Waals surface area contributed by atoms with Crippen molar-refractivity contribution >= 4 is 33.2 Å². The van der Waals surface area contributed by atoms with Gasteiger partial charge in [0.1, 0.15) is 6.54 Å². The maximum absolute atomic E-state index is 12.8. The predicted octanol–water partition coefficient (Wildman–Crippen LogP) is 1.19. The third-order valence-corrected chi connectivity index (χ3v) is 6.62. The van der Waals surface area contributed by atoms with E-state index in [9.17, 15) is 18.0 Å². The molecular weight excluding hydrogens is 352 g/mol. The molecule has 1 N–H and O–H groups in total. The van der Waals surface area contributed by atoms with Crippen LogP contribution in [-0.4, -0.2) is 66.5 Å². The summed E-state index contributed by atoms with van der Waals surface area (Å²) in [7, 11) is -3.25. The quantitative estimate of drug-likeness (QED) is 0.807. The molecule has 0 aromatic carbocycles. The van der Waals surface area contributed by atoms with Gasteiger partial charge < -0.3 is 10.0 Å². The molecule has 0 unspecified atom stereocenters. The second-order valence-corrected chi connectivity index (χ2v) is 8.95. The molecule has 0 bridgehead atoms. The number of carbonyl (C=O) groups is 2. The van der Waals surface area contributed by atoms with E-state index in [4.69, 9.17) is 5.11 Å². The molecule has 1 fully saturated rings. The van der Waals surface area contributed by atoms with Gasteiger partial charge in [0.25, 0.3) is 0 Å². The van der Waals surface area contributed by atoms with Crippen molar-refractivity contribution in [3.63, 3.8) is 0 Å². The monoisotopic (exact) mass is 374 g/mol. The number of piperidine rings is 1. The summed E-state index contributed by atoms with van der Waals surface area (Å²) >= 11 is 1.46. The molecule has 9 heteroatoms. The molecule has 1 aliphatic heterocycles. The number of nitrogens with zero attached hydrogens (tertiary/aromatic N) is 2. The van der Waals surface area contributed by atoms with E-state index in [1.54, 1.807) is 6.92 Å². The van der Waals surface area contributed by atoms with E-state index in [1.807, 2.05) is 17.5 Å². The first-order valence-electron chi connectivity index (χ1n) is 7.71. The fourth-order valence-electron chi connectivity index (χ4n) is 2.93. The van der Waals surface area contributed by atoms with Gasteiger partial charge in [-0.1, -0.05) is 6.07 Å². The summed E-state index contributed by atoms with van der Waals surface area (Å²) in [5.74, 6) is -1.69. The predicted molar refractivity (Wildman–Crippen MR) is 91.5 cm³/mol. The lowest BCUT2D eigenvalue weighted by molar-refractivity contribution is -0.147. The molecule has 1 amide bonds. The van der Waals surface area contributed by atoms with Crippen LogP contribution in [0.5, 0.6) is 0 Å². The van der Waals surface area contributed by atoms with Crippen molar-refractivity contribution in [1.82, 2.24) is 9.21 Å². The van der Waals surface area contributed by atoms with Gasteiger partial charge in [-0.3, -0.25) is 9.59 Å². The lowest BCUT2D eigenvalue weighted by atomic mass is 10.0. The zero-order valence-electron chi connectivity index (χ0n) is 13.7. The Hall–Kier alpha value is -1.45. The van der Waals surface area contributed by atoms with Gasteiger partial charge in [-0.25, -0.2) is 12.7 Å². The van der Waals surface area contributed by atoms with Gasteiger partial charge in [-0.05, 0) is 31.2 Å². The molecule has 2 rings (SSSR count). The molecular formula is C15H22N2O5S2. The molecule has 2 heterocycles. The number of sulfonamides is 1. The number of carbonyl (C=O) groups excluding carboxylic acids is 1. The van der Waals surface area contributed by atoms with Crippen molar-refractivity contribution in [1.29, 1.82) is 0 Å². The number of carboxylic acid groups (broad SMARTS) is 1. The van der Waals surface area contributed by atoms with E-state index in [2.05, 4.69) is 0 Å². The van der Waals surface area contributed by atoms with Gasteiger partial charge in [0.2, 0.25) is 15.9 Å².